The number of ketones is 1. The normalized spacial score (nSPS) is 17.6. The molecule has 0 aromatic heterocycles. The molecule has 1 amide bonds. The third-order valence-electron chi connectivity index (χ3n) is 5.09. The average Bonchev–Trinajstić information content (AvgIpc) is 3.06. The first-order valence-electron chi connectivity index (χ1n) is 9.53. The van der Waals surface area contributed by atoms with Gasteiger partial charge >= 0.3 is 5.97 Å². The second kappa shape index (κ2) is 9.44. The number of likely N-dealkylation sites (tertiary alicyclic amines) is 1. The molecule has 2 aromatic rings. The molecule has 1 heterocycles. The minimum absolute atomic E-state index is 0.0305. The molecule has 2 aromatic carbocycles. The van der Waals surface area contributed by atoms with Gasteiger partial charge < -0.3 is 24.2 Å². The molecule has 1 aliphatic rings. The number of nitrogens with zero attached hydrogens (tertiary/aromatic N) is 1. The molecule has 8 heteroatoms. The zero-order chi connectivity index (χ0) is 22.5. The highest BCUT2D eigenvalue weighted by Crippen LogP contribution is 2.39. The van der Waals surface area contributed by atoms with E-state index in [1.54, 1.807) is 48.5 Å². The minimum atomic E-state index is -0.830. The number of amides is 1. The number of methoxy groups -OCH3 is 3. The van der Waals surface area contributed by atoms with E-state index < -0.39 is 23.7 Å². The molecule has 1 N–H and O–H groups in total. The number of aliphatic hydroxyl groups is 1. The molecule has 0 saturated carbocycles. The van der Waals surface area contributed by atoms with Crippen molar-refractivity contribution in [1.82, 2.24) is 4.90 Å². The fraction of sp³-hybridized carbons (Fsp3) is 0.261. The molecule has 8 nitrogen and oxygen atoms in total. The van der Waals surface area contributed by atoms with E-state index in [2.05, 4.69) is 0 Å². The molecular formula is C23H23NO7. The number of hydrogen-bond acceptors (Lipinski definition) is 7. The largest absolute Gasteiger partial charge is 0.507 e. The van der Waals surface area contributed by atoms with Crippen molar-refractivity contribution in [2.45, 2.75) is 6.04 Å². The quantitative estimate of drug-likeness (QED) is 0.315. The van der Waals surface area contributed by atoms with Crippen molar-refractivity contribution < 1.29 is 33.7 Å². The Morgan fingerprint density at radius 3 is 2.13 bits per heavy atom. The highest BCUT2D eigenvalue weighted by atomic mass is 16.5. The summed E-state index contributed by atoms with van der Waals surface area (Å²) in [5.74, 6) is -1.71. The van der Waals surface area contributed by atoms with Crippen molar-refractivity contribution in [3.8, 4) is 5.75 Å². The summed E-state index contributed by atoms with van der Waals surface area (Å²) in [7, 11) is 4.30. The standard InChI is InChI=1S/C23H23NO7/c1-29-13-12-24-19(14-4-6-16(7-5-14)23(28)31-3)18(21(26)22(24)27)20(25)15-8-10-17(30-2)11-9-15/h4-11,19,25H,12-13H2,1-3H3/t19-/m1/s1. The van der Waals surface area contributed by atoms with Crippen LogP contribution in [0.15, 0.2) is 54.1 Å². The topological polar surface area (TPSA) is 102 Å². The predicted octanol–water partition coefficient (Wildman–Crippen LogP) is 2.55. The summed E-state index contributed by atoms with van der Waals surface area (Å²) in [6, 6.07) is 12.0. The van der Waals surface area contributed by atoms with E-state index in [1.165, 1.54) is 26.2 Å². The second-order valence-corrected chi connectivity index (χ2v) is 6.83. The number of aliphatic hydroxyl groups excluding tert-OH is 1. The second-order valence-electron chi connectivity index (χ2n) is 6.83. The zero-order valence-electron chi connectivity index (χ0n) is 17.5. The van der Waals surface area contributed by atoms with Crippen LogP contribution >= 0.6 is 0 Å². The number of hydrogen-bond donors (Lipinski definition) is 1. The first-order chi connectivity index (χ1) is 14.9. The first kappa shape index (κ1) is 22.0. The lowest BCUT2D eigenvalue weighted by molar-refractivity contribution is -0.140. The number of benzene rings is 2. The average molecular weight is 425 g/mol. The Labute approximate surface area is 179 Å². The molecule has 0 bridgehead atoms. The molecule has 1 fully saturated rings. The molecule has 3 rings (SSSR count). The van der Waals surface area contributed by atoms with Crippen molar-refractivity contribution in [1.29, 1.82) is 0 Å². The summed E-state index contributed by atoms with van der Waals surface area (Å²) in [5.41, 5.74) is 1.24. The smallest absolute Gasteiger partial charge is 0.337 e. The molecule has 0 radical (unpaired) electrons. The third-order valence-corrected chi connectivity index (χ3v) is 5.09. The molecule has 1 aliphatic heterocycles. The maximum Gasteiger partial charge on any atom is 0.337 e. The van der Waals surface area contributed by atoms with E-state index in [0.29, 0.717) is 22.4 Å². The van der Waals surface area contributed by atoms with Crippen LogP contribution in [0.4, 0.5) is 0 Å². The zero-order valence-corrected chi connectivity index (χ0v) is 17.5. The number of carbonyl (C=O) groups excluding carboxylic acids is 3. The highest BCUT2D eigenvalue weighted by molar-refractivity contribution is 6.46. The molecule has 0 aliphatic carbocycles. The SMILES string of the molecule is COCCN1C(=O)C(=O)C(=C(O)c2ccc(OC)cc2)[C@H]1c1ccc(C(=O)OC)cc1. The van der Waals surface area contributed by atoms with Gasteiger partial charge in [0.1, 0.15) is 11.5 Å². The molecular weight excluding hydrogens is 402 g/mol. The van der Waals surface area contributed by atoms with Crippen molar-refractivity contribution in [2.75, 3.05) is 34.5 Å². The fourth-order valence-corrected chi connectivity index (χ4v) is 3.47. The van der Waals surface area contributed by atoms with Gasteiger partial charge in [0.2, 0.25) is 0 Å². The summed E-state index contributed by atoms with van der Waals surface area (Å²) in [5, 5.41) is 11.0. The number of rotatable bonds is 7. The summed E-state index contributed by atoms with van der Waals surface area (Å²) >= 11 is 0. The lowest BCUT2D eigenvalue weighted by Crippen LogP contribution is -2.32. The first-order valence-corrected chi connectivity index (χ1v) is 9.53. The van der Waals surface area contributed by atoms with Gasteiger partial charge in [0.05, 0.1) is 38.0 Å². The molecule has 1 saturated heterocycles. The van der Waals surface area contributed by atoms with Gasteiger partial charge in [-0.15, -0.1) is 0 Å². The molecule has 31 heavy (non-hydrogen) atoms. The van der Waals surface area contributed by atoms with E-state index in [0.717, 1.165) is 0 Å². The Bertz CT molecular complexity index is 1010. The maximum absolute atomic E-state index is 12.9. The van der Waals surface area contributed by atoms with E-state index in [4.69, 9.17) is 14.2 Å². The van der Waals surface area contributed by atoms with E-state index in [9.17, 15) is 19.5 Å². The number of Topliss-reactive ketones (excluding diaryl/α,β-unsaturated/α-hetero) is 1. The van der Waals surface area contributed by atoms with Crippen molar-refractivity contribution >= 4 is 23.4 Å². The van der Waals surface area contributed by atoms with E-state index >= 15 is 0 Å². The Balaban J connectivity index is 2.11. The van der Waals surface area contributed by atoms with Crippen LogP contribution < -0.4 is 4.74 Å². The maximum atomic E-state index is 12.9. The van der Waals surface area contributed by atoms with Crippen molar-refractivity contribution in [3.63, 3.8) is 0 Å². The lowest BCUT2D eigenvalue weighted by atomic mass is 9.94. The monoisotopic (exact) mass is 425 g/mol. The highest BCUT2D eigenvalue weighted by Gasteiger charge is 2.45. The Morgan fingerprint density at radius 2 is 1.58 bits per heavy atom. The van der Waals surface area contributed by atoms with Crippen LogP contribution in [0.25, 0.3) is 5.76 Å². The van der Waals surface area contributed by atoms with Gasteiger partial charge in [-0.3, -0.25) is 9.59 Å². The fourth-order valence-electron chi connectivity index (χ4n) is 3.47. The lowest BCUT2D eigenvalue weighted by Gasteiger charge is -2.25. The number of carbonyl (C=O) groups is 3. The predicted molar refractivity (Wildman–Crippen MR) is 112 cm³/mol. The molecule has 0 spiro atoms. The summed E-state index contributed by atoms with van der Waals surface area (Å²) in [6.07, 6.45) is 0. The van der Waals surface area contributed by atoms with E-state index in [1.807, 2.05) is 0 Å². The van der Waals surface area contributed by atoms with Gasteiger partial charge in [0, 0.05) is 19.2 Å². The Kier molecular flexibility index (Phi) is 6.71. The number of esters is 1. The number of ether oxygens (including phenoxy) is 3. The molecule has 0 unspecified atom stereocenters. The van der Waals surface area contributed by atoms with E-state index in [-0.39, 0.29) is 24.5 Å². The van der Waals surface area contributed by atoms with Crippen LogP contribution in [0, 0.1) is 0 Å². The Hall–Kier alpha value is -3.65. The third kappa shape index (κ3) is 4.29. The van der Waals surface area contributed by atoms with Crippen LogP contribution in [0.2, 0.25) is 0 Å². The van der Waals surface area contributed by atoms with Crippen molar-refractivity contribution in [3.05, 3.63) is 70.8 Å². The van der Waals surface area contributed by atoms with Crippen LogP contribution in [0.1, 0.15) is 27.5 Å². The Morgan fingerprint density at radius 1 is 0.968 bits per heavy atom. The summed E-state index contributed by atoms with van der Waals surface area (Å²) in [6.45, 7) is 0.371. The van der Waals surface area contributed by atoms with Gasteiger partial charge in [-0.25, -0.2) is 4.79 Å². The van der Waals surface area contributed by atoms with Gasteiger partial charge in [0.25, 0.3) is 11.7 Å². The van der Waals surface area contributed by atoms with Gasteiger partial charge in [-0.05, 0) is 42.0 Å². The van der Waals surface area contributed by atoms with Gasteiger partial charge in [0.15, 0.2) is 0 Å². The van der Waals surface area contributed by atoms with Gasteiger partial charge in [-0.2, -0.15) is 0 Å². The summed E-state index contributed by atoms with van der Waals surface area (Å²) in [4.78, 5) is 38.7. The van der Waals surface area contributed by atoms with Crippen LogP contribution in [-0.2, 0) is 19.1 Å². The van der Waals surface area contributed by atoms with Crippen LogP contribution in [-0.4, -0.2) is 62.1 Å². The molecule has 1 atom stereocenters. The van der Waals surface area contributed by atoms with Gasteiger partial charge in [-0.1, -0.05) is 12.1 Å². The minimum Gasteiger partial charge on any atom is -0.507 e. The van der Waals surface area contributed by atoms with Crippen molar-refractivity contribution in [2.24, 2.45) is 0 Å². The van der Waals surface area contributed by atoms with Crippen LogP contribution in [0.3, 0.4) is 0 Å². The van der Waals surface area contributed by atoms with Crippen LogP contribution in [0.5, 0.6) is 5.75 Å². The summed E-state index contributed by atoms with van der Waals surface area (Å²) < 4.78 is 14.9. The molecule has 162 valence electrons.